The third-order valence-corrected chi connectivity index (χ3v) is 3.66. The molecule has 0 aliphatic heterocycles. The van der Waals surface area contributed by atoms with Gasteiger partial charge in [0.25, 0.3) is 0 Å². The summed E-state index contributed by atoms with van der Waals surface area (Å²) in [6.45, 7) is 0.850. The molecule has 1 aliphatic carbocycles. The molecule has 0 atom stereocenters. The highest BCUT2D eigenvalue weighted by atomic mass is 19.1. The first-order valence-electron chi connectivity index (χ1n) is 6.55. The minimum Gasteiger partial charge on any atom is -0.340 e. The van der Waals surface area contributed by atoms with E-state index < -0.39 is 0 Å². The summed E-state index contributed by atoms with van der Waals surface area (Å²) in [6, 6.07) is 7.37. The van der Waals surface area contributed by atoms with Crippen molar-refractivity contribution in [3.05, 3.63) is 47.9 Å². The Labute approximate surface area is 111 Å². The van der Waals surface area contributed by atoms with Crippen LogP contribution in [-0.2, 0) is 6.42 Å². The molecule has 0 radical (unpaired) electrons. The quantitative estimate of drug-likeness (QED) is 0.897. The predicted molar refractivity (Wildman–Crippen MR) is 68.2 cm³/mol. The molecule has 1 aliphatic rings. The highest BCUT2D eigenvalue weighted by Crippen LogP contribution is 2.36. The number of nitrogens with zero attached hydrogens (tertiary/aromatic N) is 2. The van der Waals surface area contributed by atoms with Crippen LogP contribution in [0.3, 0.4) is 0 Å². The first-order valence-corrected chi connectivity index (χ1v) is 6.55. The first-order chi connectivity index (χ1) is 9.31. The lowest BCUT2D eigenvalue weighted by Crippen LogP contribution is -2.40. The van der Waals surface area contributed by atoms with Crippen LogP contribution in [0.15, 0.2) is 35.1 Å². The normalized spacial score (nSPS) is 22.2. The van der Waals surface area contributed by atoms with Crippen LogP contribution in [0.1, 0.15) is 30.2 Å². The van der Waals surface area contributed by atoms with Gasteiger partial charge < -0.3 is 9.84 Å². The molecule has 2 aromatic rings. The Kier molecular flexibility index (Phi) is 3.55. The van der Waals surface area contributed by atoms with Gasteiger partial charge in [0.15, 0.2) is 6.33 Å². The predicted octanol–water partition coefficient (Wildman–Crippen LogP) is 2.29. The van der Waals surface area contributed by atoms with Crippen LogP contribution in [0.4, 0.5) is 4.39 Å². The van der Waals surface area contributed by atoms with Crippen LogP contribution < -0.4 is 5.32 Å². The van der Waals surface area contributed by atoms with Crippen molar-refractivity contribution in [3.8, 4) is 0 Å². The molecule has 0 saturated heterocycles. The van der Waals surface area contributed by atoms with E-state index >= 15 is 0 Å². The summed E-state index contributed by atoms with van der Waals surface area (Å²) in [6.07, 6.45) is 4.39. The molecule has 0 bridgehead atoms. The average molecular weight is 261 g/mol. The Hall–Kier alpha value is -1.75. The minimum absolute atomic E-state index is 0.169. The van der Waals surface area contributed by atoms with E-state index in [-0.39, 0.29) is 5.82 Å². The van der Waals surface area contributed by atoms with Gasteiger partial charge in [0, 0.05) is 19.0 Å². The van der Waals surface area contributed by atoms with Crippen molar-refractivity contribution in [3.63, 3.8) is 0 Å². The number of aromatic nitrogens is 2. The lowest BCUT2D eigenvalue weighted by Gasteiger charge is -2.36. The van der Waals surface area contributed by atoms with Crippen molar-refractivity contribution in [1.82, 2.24) is 15.5 Å². The summed E-state index contributed by atoms with van der Waals surface area (Å²) in [4.78, 5) is 3.97. The van der Waals surface area contributed by atoms with Crippen molar-refractivity contribution in [2.45, 2.75) is 31.2 Å². The molecule has 3 rings (SSSR count). The van der Waals surface area contributed by atoms with E-state index in [1.807, 2.05) is 12.1 Å². The third kappa shape index (κ3) is 2.98. The molecule has 0 amide bonds. The zero-order chi connectivity index (χ0) is 13.1. The molecule has 1 heterocycles. The van der Waals surface area contributed by atoms with E-state index in [0.717, 1.165) is 25.8 Å². The van der Waals surface area contributed by atoms with Crippen LogP contribution in [-0.4, -0.2) is 22.7 Å². The summed E-state index contributed by atoms with van der Waals surface area (Å²) >= 11 is 0. The molecule has 1 aromatic heterocycles. The molecule has 1 aromatic carbocycles. The molecule has 19 heavy (non-hydrogen) atoms. The van der Waals surface area contributed by atoms with Crippen molar-refractivity contribution in [2.24, 2.45) is 0 Å². The van der Waals surface area contributed by atoms with E-state index in [4.69, 9.17) is 4.52 Å². The third-order valence-electron chi connectivity index (χ3n) is 3.66. The topological polar surface area (TPSA) is 51.0 Å². The number of benzene rings is 1. The Morgan fingerprint density at radius 3 is 2.74 bits per heavy atom. The molecular formula is C14H16FN3O. The van der Waals surface area contributed by atoms with Crippen LogP contribution in [0.5, 0.6) is 0 Å². The number of nitrogens with one attached hydrogen (secondary N) is 1. The van der Waals surface area contributed by atoms with Gasteiger partial charge in [-0.2, -0.15) is 4.98 Å². The zero-order valence-corrected chi connectivity index (χ0v) is 10.6. The van der Waals surface area contributed by atoms with Gasteiger partial charge in [-0.25, -0.2) is 4.39 Å². The van der Waals surface area contributed by atoms with Gasteiger partial charge in [-0.15, -0.1) is 0 Å². The molecule has 0 spiro atoms. The molecule has 1 saturated carbocycles. The maximum absolute atomic E-state index is 12.8. The highest BCUT2D eigenvalue weighted by Gasteiger charge is 2.29. The summed E-state index contributed by atoms with van der Waals surface area (Å²) < 4.78 is 17.7. The monoisotopic (exact) mass is 261 g/mol. The second-order valence-electron chi connectivity index (χ2n) is 4.96. The van der Waals surface area contributed by atoms with E-state index in [0.29, 0.717) is 17.9 Å². The van der Waals surface area contributed by atoms with Gasteiger partial charge in [-0.1, -0.05) is 17.3 Å². The second-order valence-corrected chi connectivity index (χ2v) is 4.96. The van der Waals surface area contributed by atoms with E-state index in [1.54, 1.807) is 0 Å². The van der Waals surface area contributed by atoms with Crippen LogP contribution in [0, 0.1) is 5.82 Å². The van der Waals surface area contributed by atoms with Gasteiger partial charge in [0.1, 0.15) is 5.82 Å². The largest absolute Gasteiger partial charge is 0.340 e. The fourth-order valence-electron chi connectivity index (χ4n) is 2.48. The molecule has 0 unspecified atom stereocenters. The number of rotatable bonds is 5. The standard InChI is InChI=1S/C14H16FN3O/c15-12-3-1-10(2-4-12)11-7-13(8-11)16-6-5-14-17-9-18-19-14/h1-4,9,11,13,16H,5-8H2. The highest BCUT2D eigenvalue weighted by molar-refractivity contribution is 5.23. The van der Waals surface area contributed by atoms with Crippen molar-refractivity contribution < 1.29 is 8.91 Å². The van der Waals surface area contributed by atoms with Gasteiger partial charge in [0.2, 0.25) is 5.89 Å². The number of halogens is 1. The molecule has 5 heteroatoms. The van der Waals surface area contributed by atoms with E-state index in [2.05, 4.69) is 15.5 Å². The van der Waals surface area contributed by atoms with Gasteiger partial charge in [0.05, 0.1) is 0 Å². The molecular weight excluding hydrogens is 245 g/mol. The molecule has 100 valence electrons. The van der Waals surface area contributed by atoms with Crippen molar-refractivity contribution in [1.29, 1.82) is 0 Å². The maximum atomic E-state index is 12.8. The second kappa shape index (κ2) is 5.48. The summed E-state index contributed by atoms with van der Waals surface area (Å²) in [7, 11) is 0. The van der Waals surface area contributed by atoms with E-state index in [1.165, 1.54) is 24.0 Å². The summed E-state index contributed by atoms with van der Waals surface area (Å²) in [5, 5.41) is 7.04. The molecule has 4 nitrogen and oxygen atoms in total. The summed E-state index contributed by atoms with van der Waals surface area (Å²) in [5.41, 5.74) is 1.23. The molecule has 1 N–H and O–H groups in total. The van der Waals surface area contributed by atoms with Crippen LogP contribution in [0.2, 0.25) is 0 Å². The van der Waals surface area contributed by atoms with Gasteiger partial charge >= 0.3 is 0 Å². The van der Waals surface area contributed by atoms with Crippen LogP contribution in [0.25, 0.3) is 0 Å². The fraction of sp³-hybridized carbons (Fsp3) is 0.429. The van der Waals surface area contributed by atoms with Gasteiger partial charge in [-0.05, 0) is 36.5 Å². The average Bonchev–Trinajstić information content (AvgIpc) is 2.87. The smallest absolute Gasteiger partial charge is 0.227 e. The lowest BCUT2D eigenvalue weighted by atomic mass is 9.76. The maximum Gasteiger partial charge on any atom is 0.227 e. The Balaban J connectivity index is 1.39. The fourth-order valence-corrected chi connectivity index (χ4v) is 2.48. The van der Waals surface area contributed by atoms with Crippen molar-refractivity contribution >= 4 is 0 Å². The Bertz CT molecular complexity index is 506. The number of hydrogen-bond acceptors (Lipinski definition) is 4. The van der Waals surface area contributed by atoms with Crippen molar-refractivity contribution in [2.75, 3.05) is 6.54 Å². The zero-order valence-electron chi connectivity index (χ0n) is 10.6. The number of hydrogen-bond donors (Lipinski definition) is 1. The minimum atomic E-state index is -0.169. The Morgan fingerprint density at radius 2 is 2.05 bits per heavy atom. The van der Waals surface area contributed by atoms with E-state index in [9.17, 15) is 4.39 Å². The SMILES string of the molecule is Fc1ccc(C2CC(NCCc3ncno3)C2)cc1. The first kappa shape index (κ1) is 12.3. The van der Waals surface area contributed by atoms with Gasteiger partial charge in [-0.3, -0.25) is 0 Å². The van der Waals surface area contributed by atoms with Crippen LogP contribution >= 0.6 is 0 Å². The summed E-state index contributed by atoms with van der Waals surface area (Å²) in [5.74, 6) is 1.06. The molecule has 1 fully saturated rings. The lowest BCUT2D eigenvalue weighted by molar-refractivity contribution is 0.287. The Morgan fingerprint density at radius 1 is 1.26 bits per heavy atom.